The van der Waals surface area contributed by atoms with Gasteiger partial charge >= 0.3 is 19.8 Å². The largest absolute Gasteiger partial charge is 0.472 e. The summed E-state index contributed by atoms with van der Waals surface area (Å²) in [6.07, 6.45) is 93.5. The molecule has 0 aliphatic carbocycles. The zero-order chi connectivity index (χ0) is 62.6. The van der Waals surface area contributed by atoms with Crippen LogP contribution in [0.1, 0.15) is 309 Å². The number of rotatable bonds is 65. The van der Waals surface area contributed by atoms with Crippen LogP contribution in [-0.2, 0) is 32.7 Å². The first-order valence-electron chi connectivity index (χ1n) is 35.6. The number of hydrogen-bond acceptors (Lipinski definition) is 7. The van der Waals surface area contributed by atoms with Crippen molar-refractivity contribution in [2.75, 3.05) is 47.5 Å². The number of ether oxygens (including phenoxy) is 2. The Morgan fingerprint density at radius 1 is 0.360 bits per heavy atom. The molecule has 2 unspecified atom stereocenters. The van der Waals surface area contributed by atoms with Gasteiger partial charge < -0.3 is 18.9 Å². The third-order valence-corrected chi connectivity index (χ3v) is 16.3. The minimum atomic E-state index is -4.40. The molecule has 0 aliphatic heterocycles. The quantitative estimate of drug-likeness (QED) is 0.0211. The number of carbonyl (C=O) groups is 2. The molecule has 0 aromatic rings. The standard InChI is InChI=1S/C76H134NO8P/c1-6-8-10-12-14-16-18-20-22-24-26-28-30-32-33-34-35-36-37-38-39-40-41-42-43-45-46-48-50-52-54-56-58-60-62-64-66-68-75(78)82-72-74(73-84-86(80,81)83-71-70-77(3,4)5)85-76(79)69-67-65-63-61-59-57-55-53-51-49-47-44-31-29-27-25-23-21-19-17-15-13-11-9-7-2/h8-11,14-17,20-23,26-29,44,47,74H,6-7,12-13,18-19,24-25,30-43,45-46,48-73H2,1-5H3/p+1/b10-8-,11-9-,16-14-,17-15-,22-20-,23-21-,28-26-,29-27-,47-44-. The number of phosphoric ester groups is 1. The van der Waals surface area contributed by atoms with E-state index in [0.29, 0.717) is 17.4 Å². The van der Waals surface area contributed by atoms with Gasteiger partial charge in [0.15, 0.2) is 6.10 Å². The molecule has 0 saturated carbocycles. The van der Waals surface area contributed by atoms with Crippen LogP contribution < -0.4 is 0 Å². The fourth-order valence-corrected chi connectivity index (χ4v) is 10.7. The van der Waals surface area contributed by atoms with Crippen LogP contribution in [0.5, 0.6) is 0 Å². The van der Waals surface area contributed by atoms with Crippen molar-refractivity contribution in [1.82, 2.24) is 0 Å². The second-order valence-electron chi connectivity index (χ2n) is 24.9. The molecule has 9 nitrogen and oxygen atoms in total. The van der Waals surface area contributed by atoms with Crippen LogP contribution in [0.25, 0.3) is 0 Å². The molecule has 1 N–H and O–H groups in total. The van der Waals surface area contributed by atoms with Gasteiger partial charge in [-0.3, -0.25) is 18.6 Å². The maximum atomic E-state index is 12.9. The Morgan fingerprint density at radius 2 is 0.628 bits per heavy atom. The molecule has 0 aromatic carbocycles. The lowest BCUT2D eigenvalue weighted by molar-refractivity contribution is -0.870. The van der Waals surface area contributed by atoms with E-state index in [9.17, 15) is 19.0 Å². The summed E-state index contributed by atoms with van der Waals surface area (Å²) >= 11 is 0. The van der Waals surface area contributed by atoms with Gasteiger partial charge in [-0.25, -0.2) is 4.57 Å². The van der Waals surface area contributed by atoms with Crippen LogP contribution in [0.15, 0.2) is 109 Å². The van der Waals surface area contributed by atoms with E-state index in [1.165, 1.54) is 173 Å². The molecule has 0 bridgehead atoms. The minimum Gasteiger partial charge on any atom is -0.462 e. The van der Waals surface area contributed by atoms with Crippen LogP contribution in [0.3, 0.4) is 0 Å². The Balaban J connectivity index is 3.98. The Hall–Kier alpha value is -3.33. The van der Waals surface area contributed by atoms with Crippen LogP contribution in [0.4, 0.5) is 0 Å². The highest BCUT2D eigenvalue weighted by atomic mass is 31.2. The van der Waals surface area contributed by atoms with Gasteiger partial charge in [-0.1, -0.05) is 309 Å². The van der Waals surface area contributed by atoms with Gasteiger partial charge in [0.05, 0.1) is 27.7 Å². The number of phosphoric acid groups is 1. The molecule has 86 heavy (non-hydrogen) atoms. The zero-order valence-corrected chi connectivity index (χ0v) is 57.4. The normalized spacial score (nSPS) is 13.8. The van der Waals surface area contributed by atoms with Crippen LogP contribution in [-0.4, -0.2) is 74.9 Å². The fourth-order valence-electron chi connectivity index (χ4n) is 9.92. The van der Waals surface area contributed by atoms with E-state index >= 15 is 0 Å². The van der Waals surface area contributed by atoms with Crippen molar-refractivity contribution in [3.05, 3.63) is 109 Å². The maximum absolute atomic E-state index is 12.9. The van der Waals surface area contributed by atoms with Crippen LogP contribution >= 0.6 is 7.82 Å². The molecule has 0 rings (SSSR count). The maximum Gasteiger partial charge on any atom is 0.472 e. The van der Waals surface area contributed by atoms with Crippen LogP contribution in [0, 0.1) is 0 Å². The summed E-state index contributed by atoms with van der Waals surface area (Å²) in [6.45, 7) is 4.23. The average molecular weight is 1220 g/mol. The van der Waals surface area contributed by atoms with Gasteiger partial charge in [-0.05, 0) is 96.3 Å². The molecule has 0 aliphatic rings. The number of allylic oxidation sites excluding steroid dienone is 18. The predicted molar refractivity (Wildman–Crippen MR) is 371 cm³/mol. The number of likely N-dealkylation sites (N-methyl/N-ethyl adjacent to an activating group) is 1. The number of esters is 2. The van der Waals surface area contributed by atoms with Gasteiger partial charge in [-0.15, -0.1) is 0 Å². The highest BCUT2D eigenvalue weighted by Gasteiger charge is 2.27. The second kappa shape index (κ2) is 66.1. The van der Waals surface area contributed by atoms with E-state index in [1.807, 2.05) is 21.1 Å². The number of nitrogens with zero attached hydrogens (tertiary/aromatic N) is 1. The van der Waals surface area contributed by atoms with Crippen LogP contribution in [0.2, 0.25) is 0 Å². The minimum absolute atomic E-state index is 0.0276. The summed E-state index contributed by atoms with van der Waals surface area (Å²) in [6, 6.07) is 0. The topological polar surface area (TPSA) is 108 Å². The van der Waals surface area contributed by atoms with Crippen molar-refractivity contribution >= 4 is 19.8 Å². The van der Waals surface area contributed by atoms with Gasteiger partial charge in [0, 0.05) is 12.8 Å². The molecule has 0 fully saturated rings. The summed E-state index contributed by atoms with van der Waals surface area (Å²) in [7, 11) is 1.47. The average Bonchev–Trinajstić information content (AvgIpc) is 3.70. The number of unbranched alkanes of at least 4 members (excludes halogenated alkanes) is 33. The van der Waals surface area contributed by atoms with Crippen molar-refractivity contribution in [3.8, 4) is 0 Å². The summed E-state index contributed by atoms with van der Waals surface area (Å²) in [5, 5.41) is 0. The lowest BCUT2D eigenvalue weighted by Gasteiger charge is -2.24. The summed E-state index contributed by atoms with van der Waals surface area (Å²) in [4.78, 5) is 35.9. The molecule has 0 aromatic heterocycles. The summed E-state index contributed by atoms with van der Waals surface area (Å²) in [5.41, 5.74) is 0. The van der Waals surface area contributed by atoms with E-state index in [2.05, 4.69) is 123 Å². The zero-order valence-electron chi connectivity index (χ0n) is 56.5. The van der Waals surface area contributed by atoms with Crippen molar-refractivity contribution in [2.45, 2.75) is 315 Å². The molecule has 0 saturated heterocycles. The molecule has 10 heteroatoms. The van der Waals surface area contributed by atoms with E-state index in [1.54, 1.807) is 0 Å². The molecular weight excluding hydrogens is 1090 g/mol. The van der Waals surface area contributed by atoms with E-state index in [0.717, 1.165) is 103 Å². The first kappa shape index (κ1) is 82.7. The van der Waals surface area contributed by atoms with Crippen molar-refractivity contribution in [1.29, 1.82) is 0 Å². The summed E-state index contributed by atoms with van der Waals surface area (Å²) in [5.74, 6) is -0.797. The molecule has 496 valence electrons. The van der Waals surface area contributed by atoms with Gasteiger partial charge in [0.2, 0.25) is 0 Å². The third-order valence-electron chi connectivity index (χ3n) is 15.3. The number of quaternary nitrogens is 1. The lowest BCUT2D eigenvalue weighted by atomic mass is 10.0. The predicted octanol–water partition coefficient (Wildman–Crippen LogP) is 23.3. The monoisotopic (exact) mass is 1220 g/mol. The fraction of sp³-hybridized carbons (Fsp3) is 0.737. The second-order valence-corrected chi connectivity index (χ2v) is 26.3. The van der Waals surface area contributed by atoms with E-state index in [-0.39, 0.29) is 32.0 Å². The molecule has 0 spiro atoms. The SMILES string of the molecule is CC/C=C\C/C=C\C/C=C\C/C=C\C/C=C\CCCCCCCCCCCC(=O)OC(COC(=O)CCCCCCCCCCCCCCCCCCCCCCCCCC/C=C\C/C=C\C/C=C\C/C=C\CC)COP(=O)(O)OCC[N+](C)(C)C. The molecule has 2 atom stereocenters. The highest BCUT2D eigenvalue weighted by Crippen LogP contribution is 2.43. The molecule has 0 amide bonds. The van der Waals surface area contributed by atoms with Gasteiger partial charge in [-0.2, -0.15) is 0 Å². The van der Waals surface area contributed by atoms with E-state index in [4.69, 9.17) is 18.5 Å². The van der Waals surface area contributed by atoms with Crippen molar-refractivity contribution < 1.29 is 42.1 Å². The Labute approximate surface area is 531 Å². The summed E-state index contributed by atoms with van der Waals surface area (Å²) < 4.78 is 34.7. The third kappa shape index (κ3) is 69.8. The van der Waals surface area contributed by atoms with Gasteiger partial charge in [0.25, 0.3) is 0 Å². The Kier molecular flexibility index (Phi) is 63.5. The molecule has 0 heterocycles. The molecular formula is C76H135NO8P+. The van der Waals surface area contributed by atoms with Gasteiger partial charge in [0.1, 0.15) is 19.8 Å². The first-order chi connectivity index (χ1) is 42.0. The first-order valence-corrected chi connectivity index (χ1v) is 37.1. The molecule has 0 radical (unpaired) electrons. The van der Waals surface area contributed by atoms with E-state index < -0.39 is 26.5 Å². The van der Waals surface area contributed by atoms with Crippen molar-refractivity contribution in [3.63, 3.8) is 0 Å². The lowest BCUT2D eigenvalue weighted by Crippen LogP contribution is -2.37. The number of hydrogen-bond donors (Lipinski definition) is 1. The Bertz CT molecular complexity index is 1820. The van der Waals surface area contributed by atoms with Crippen molar-refractivity contribution in [2.24, 2.45) is 0 Å². The highest BCUT2D eigenvalue weighted by molar-refractivity contribution is 7.47. The number of carbonyl (C=O) groups excluding carboxylic acids is 2. The smallest absolute Gasteiger partial charge is 0.462 e. The Morgan fingerprint density at radius 3 is 0.930 bits per heavy atom.